The maximum atomic E-state index is 13.4. The van der Waals surface area contributed by atoms with Crippen molar-refractivity contribution in [3.05, 3.63) is 45.8 Å². The molecule has 1 unspecified atom stereocenters. The number of aryl methyl sites for hydroxylation is 2. The highest BCUT2D eigenvalue weighted by molar-refractivity contribution is 6.32. The molecule has 0 radical (unpaired) electrons. The van der Waals surface area contributed by atoms with Gasteiger partial charge in [-0.3, -0.25) is 29.0 Å². The van der Waals surface area contributed by atoms with Crippen molar-refractivity contribution in [2.45, 2.75) is 32.2 Å². The second-order valence-corrected chi connectivity index (χ2v) is 7.55. The van der Waals surface area contributed by atoms with Crippen LogP contribution in [0, 0.1) is 13.8 Å². The highest BCUT2D eigenvalue weighted by atomic mass is 35.5. The fourth-order valence-corrected chi connectivity index (χ4v) is 4.17. The largest absolute Gasteiger partial charge is 0.480 e. The summed E-state index contributed by atoms with van der Waals surface area (Å²) in [4.78, 5) is 52.8. The Morgan fingerprint density at radius 3 is 2.55 bits per heavy atom. The number of halogens is 1. The minimum atomic E-state index is -1.81. The smallest absolute Gasteiger partial charge is 0.323 e. The van der Waals surface area contributed by atoms with Crippen LogP contribution in [0.1, 0.15) is 29.0 Å². The number of hydrogen-bond acceptors (Lipinski definition) is 6. The Bertz CT molecular complexity index is 1070. The second-order valence-electron chi connectivity index (χ2n) is 7.12. The topological polar surface area (TPSA) is 121 Å². The molecule has 0 bridgehead atoms. The van der Waals surface area contributed by atoms with Crippen LogP contribution in [0.2, 0.25) is 5.02 Å². The van der Waals surface area contributed by atoms with E-state index in [1.807, 2.05) is 0 Å². The van der Waals surface area contributed by atoms with E-state index in [0.29, 0.717) is 17.0 Å². The average Bonchev–Trinajstić information content (AvgIpc) is 3.18. The van der Waals surface area contributed by atoms with E-state index in [0.717, 1.165) is 9.80 Å². The van der Waals surface area contributed by atoms with Gasteiger partial charge in [-0.1, -0.05) is 16.8 Å². The lowest BCUT2D eigenvalue weighted by Crippen LogP contribution is -2.47. The molecule has 29 heavy (non-hydrogen) atoms. The van der Waals surface area contributed by atoms with Crippen molar-refractivity contribution in [2.24, 2.45) is 0 Å². The summed E-state index contributed by atoms with van der Waals surface area (Å²) in [6, 6.07) is 4.44. The number of fused-ring (bicyclic) bond motifs is 2. The van der Waals surface area contributed by atoms with Crippen LogP contribution >= 0.6 is 11.6 Å². The van der Waals surface area contributed by atoms with Gasteiger partial charge in [-0.15, -0.1) is 0 Å². The lowest BCUT2D eigenvalue weighted by atomic mass is 9.80. The number of likely N-dealkylation sites (tertiary alicyclic amines) is 1. The summed E-state index contributed by atoms with van der Waals surface area (Å²) in [6.45, 7) is 2.65. The van der Waals surface area contributed by atoms with Gasteiger partial charge >= 0.3 is 5.97 Å². The first-order valence-electron chi connectivity index (χ1n) is 8.77. The molecule has 9 nitrogen and oxygen atoms in total. The Morgan fingerprint density at radius 2 is 1.93 bits per heavy atom. The molecule has 0 saturated carbocycles. The molecular weight excluding hydrogens is 402 g/mol. The molecule has 1 spiro atoms. The van der Waals surface area contributed by atoms with Crippen LogP contribution < -0.4 is 4.90 Å². The van der Waals surface area contributed by atoms with Crippen LogP contribution in [-0.4, -0.2) is 45.4 Å². The number of amides is 3. The van der Waals surface area contributed by atoms with Gasteiger partial charge < -0.3 is 9.63 Å². The quantitative estimate of drug-likeness (QED) is 0.592. The van der Waals surface area contributed by atoms with E-state index in [-0.39, 0.29) is 22.8 Å². The molecule has 0 aliphatic carbocycles. The SMILES string of the molecule is Cc1noc(C)c1CN1C(=O)CC2(C1=O)C(=O)N(CC(=O)O)c1ccc(Cl)cc12. The van der Waals surface area contributed by atoms with E-state index in [2.05, 4.69) is 5.16 Å². The molecule has 1 N–H and O–H groups in total. The van der Waals surface area contributed by atoms with Crippen LogP contribution in [-0.2, 0) is 31.1 Å². The van der Waals surface area contributed by atoms with E-state index >= 15 is 0 Å². The van der Waals surface area contributed by atoms with Crippen LogP contribution in [0.4, 0.5) is 5.69 Å². The maximum Gasteiger partial charge on any atom is 0.323 e. The minimum Gasteiger partial charge on any atom is -0.480 e. The van der Waals surface area contributed by atoms with Crippen LogP contribution in [0.3, 0.4) is 0 Å². The molecule has 1 atom stereocenters. The molecular formula is C19H16ClN3O6. The third kappa shape index (κ3) is 2.65. The number of benzene rings is 1. The van der Waals surface area contributed by atoms with Crippen molar-refractivity contribution in [3.8, 4) is 0 Å². The summed E-state index contributed by atoms with van der Waals surface area (Å²) in [7, 11) is 0. The lowest BCUT2D eigenvalue weighted by molar-refractivity contribution is -0.143. The number of aromatic nitrogens is 1. The molecule has 4 rings (SSSR count). The van der Waals surface area contributed by atoms with E-state index in [9.17, 15) is 24.3 Å². The maximum absolute atomic E-state index is 13.4. The summed E-state index contributed by atoms with van der Waals surface area (Å²) in [6.07, 6.45) is -0.391. The molecule has 2 aliphatic rings. The number of aliphatic carboxylic acids is 1. The summed E-state index contributed by atoms with van der Waals surface area (Å²) >= 11 is 6.09. The molecule has 1 saturated heterocycles. The Kier molecular flexibility index (Phi) is 4.23. The number of carbonyl (C=O) groups excluding carboxylic acids is 3. The Labute approximate surface area is 169 Å². The number of carboxylic acid groups (broad SMARTS) is 1. The van der Waals surface area contributed by atoms with Gasteiger partial charge in [0.15, 0.2) is 5.41 Å². The first kappa shape index (κ1) is 19.1. The van der Waals surface area contributed by atoms with Gasteiger partial charge in [-0.2, -0.15) is 0 Å². The number of hydrogen-bond donors (Lipinski definition) is 1. The van der Waals surface area contributed by atoms with Crippen molar-refractivity contribution in [3.63, 3.8) is 0 Å². The molecule has 3 heterocycles. The number of imide groups is 1. The summed E-state index contributed by atoms with van der Waals surface area (Å²) in [5.74, 6) is -2.74. The van der Waals surface area contributed by atoms with Gasteiger partial charge in [0.1, 0.15) is 12.3 Å². The number of nitrogens with zero attached hydrogens (tertiary/aromatic N) is 3. The van der Waals surface area contributed by atoms with Crippen molar-refractivity contribution in [1.29, 1.82) is 0 Å². The molecule has 1 aromatic heterocycles. The zero-order valence-electron chi connectivity index (χ0n) is 15.6. The average molecular weight is 418 g/mol. The number of anilines is 1. The molecule has 1 aromatic carbocycles. The van der Waals surface area contributed by atoms with Crippen molar-refractivity contribution in [2.75, 3.05) is 11.4 Å². The van der Waals surface area contributed by atoms with E-state index in [1.165, 1.54) is 18.2 Å². The Hall–Kier alpha value is -3.20. The monoisotopic (exact) mass is 417 g/mol. The molecule has 10 heteroatoms. The summed E-state index contributed by atoms with van der Waals surface area (Å²) in [5.41, 5.74) is -0.176. The Balaban J connectivity index is 1.80. The van der Waals surface area contributed by atoms with Gasteiger partial charge in [0.2, 0.25) is 17.7 Å². The van der Waals surface area contributed by atoms with Crippen molar-refractivity contribution < 1.29 is 28.8 Å². The summed E-state index contributed by atoms with van der Waals surface area (Å²) < 4.78 is 5.09. The van der Waals surface area contributed by atoms with E-state index in [1.54, 1.807) is 13.8 Å². The Morgan fingerprint density at radius 1 is 1.24 bits per heavy atom. The highest BCUT2D eigenvalue weighted by Gasteiger charge is 2.64. The van der Waals surface area contributed by atoms with Gasteiger partial charge in [0.25, 0.3) is 0 Å². The lowest BCUT2D eigenvalue weighted by Gasteiger charge is -2.21. The van der Waals surface area contributed by atoms with Gasteiger partial charge in [0.05, 0.1) is 18.7 Å². The predicted molar refractivity (Wildman–Crippen MR) is 99.3 cm³/mol. The molecule has 2 aromatic rings. The van der Waals surface area contributed by atoms with Crippen LogP contribution in [0.15, 0.2) is 22.7 Å². The number of carbonyl (C=O) groups is 4. The van der Waals surface area contributed by atoms with Crippen molar-refractivity contribution in [1.82, 2.24) is 10.1 Å². The van der Waals surface area contributed by atoms with Gasteiger partial charge in [-0.25, -0.2) is 0 Å². The van der Waals surface area contributed by atoms with Gasteiger partial charge in [0, 0.05) is 21.8 Å². The first-order chi connectivity index (χ1) is 13.7. The zero-order valence-corrected chi connectivity index (χ0v) is 16.3. The predicted octanol–water partition coefficient (Wildman–Crippen LogP) is 1.57. The third-order valence-corrected chi connectivity index (χ3v) is 5.67. The fourth-order valence-electron chi connectivity index (χ4n) is 4.00. The molecule has 150 valence electrons. The van der Waals surface area contributed by atoms with E-state index in [4.69, 9.17) is 16.1 Å². The molecule has 3 amide bonds. The summed E-state index contributed by atoms with van der Waals surface area (Å²) in [5, 5.41) is 13.3. The standard InChI is InChI=1S/C19H16ClN3O6/c1-9-12(10(2)29-21-9)7-23-15(24)6-19(18(23)28)13-5-11(20)3-4-14(13)22(17(19)27)8-16(25)26/h3-5H,6-8H2,1-2H3,(H,25,26). The molecule has 1 fully saturated rings. The minimum absolute atomic E-state index is 0.0807. The van der Waals surface area contributed by atoms with E-state index < -0.39 is 42.1 Å². The molecule has 2 aliphatic heterocycles. The van der Waals surface area contributed by atoms with Crippen molar-refractivity contribution >= 4 is 41.0 Å². The third-order valence-electron chi connectivity index (χ3n) is 5.44. The fraction of sp³-hybridized carbons (Fsp3) is 0.316. The van der Waals surface area contributed by atoms with Gasteiger partial charge in [-0.05, 0) is 32.0 Å². The zero-order chi connectivity index (χ0) is 21.1. The normalized spacial score (nSPS) is 20.9. The second kappa shape index (κ2) is 6.41. The van der Waals surface area contributed by atoms with Crippen LogP contribution in [0.25, 0.3) is 0 Å². The first-order valence-corrected chi connectivity index (χ1v) is 9.15. The number of rotatable bonds is 4. The highest BCUT2D eigenvalue weighted by Crippen LogP contribution is 2.49. The van der Waals surface area contributed by atoms with Crippen LogP contribution in [0.5, 0.6) is 0 Å². The number of carboxylic acids is 1.